The van der Waals surface area contributed by atoms with Crippen LogP contribution in [-0.2, 0) is 0 Å². The summed E-state index contributed by atoms with van der Waals surface area (Å²) in [7, 11) is 0. The topological polar surface area (TPSA) is 0 Å². The maximum Gasteiger partial charge on any atom is -0.0150 e. The van der Waals surface area contributed by atoms with Crippen LogP contribution in [-0.4, -0.2) is 0 Å². The van der Waals surface area contributed by atoms with E-state index in [9.17, 15) is 0 Å². The van der Waals surface area contributed by atoms with Gasteiger partial charge >= 0.3 is 0 Å². The molecule has 0 heteroatoms. The number of fused-ring (bicyclic) bond motifs is 2. The third kappa shape index (κ3) is 1.68. The largest absolute Gasteiger partial charge is 0.0833 e. The Hall–Kier alpha value is -1.56. The van der Waals surface area contributed by atoms with E-state index >= 15 is 0 Å². The number of aryl methyl sites for hydroxylation is 2. The van der Waals surface area contributed by atoms with Crippen LogP contribution in [0.5, 0.6) is 0 Å². The zero-order valence-corrected chi connectivity index (χ0v) is 10.7. The molecule has 0 radical (unpaired) electrons. The molecule has 0 spiro atoms. The van der Waals surface area contributed by atoms with Crippen molar-refractivity contribution in [1.82, 2.24) is 0 Å². The summed E-state index contributed by atoms with van der Waals surface area (Å²) >= 11 is 0. The first kappa shape index (κ1) is 10.6. The predicted molar refractivity (Wildman–Crippen MR) is 75.5 cm³/mol. The molecule has 1 unspecified atom stereocenters. The first-order valence-corrected chi connectivity index (χ1v) is 6.36. The molecule has 0 saturated heterocycles. The molecular weight excluding hydrogens is 204 g/mol. The molecule has 1 atom stereocenters. The van der Waals surface area contributed by atoms with Gasteiger partial charge < -0.3 is 0 Å². The van der Waals surface area contributed by atoms with Crippen molar-refractivity contribution in [3.8, 4) is 0 Å². The monoisotopic (exact) mass is 222 g/mol. The number of benzene rings is 2. The highest BCUT2D eigenvalue weighted by molar-refractivity contribution is 5.88. The van der Waals surface area contributed by atoms with Crippen LogP contribution in [0, 0.1) is 13.8 Å². The Bertz CT molecular complexity index is 617. The van der Waals surface area contributed by atoms with Crippen molar-refractivity contribution in [3.63, 3.8) is 0 Å². The summed E-state index contributed by atoms with van der Waals surface area (Å²) in [6.45, 7) is 6.69. The van der Waals surface area contributed by atoms with Crippen LogP contribution in [0.3, 0.4) is 0 Å². The fraction of sp³-hybridized carbons (Fsp3) is 0.294. The summed E-state index contributed by atoms with van der Waals surface area (Å²) in [5, 5.41) is 2.75. The van der Waals surface area contributed by atoms with Crippen LogP contribution < -0.4 is 0 Å². The van der Waals surface area contributed by atoms with Gasteiger partial charge in [0.15, 0.2) is 0 Å². The molecular formula is C17H18. The van der Waals surface area contributed by atoms with Crippen molar-refractivity contribution in [3.05, 3.63) is 52.6 Å². The summed E-state index contributed by atoms with van der Waals surface area (Å²) in [6.07, 6.45) is 5.73. The summed E-state index contributed by atoms with van der Waals surface area (Å²) in [6, 6.07) is 9.34. The van der Waals surface area contributed by atoms with Gasteiger partial charge in [0.25, 0.3) is 0 Å². The van der Waals surface area contributed by atoms with Crippen molar-refractivity contribution in [1.29, 1.82) is 0 Å². The van der Waals surface area contributed by atoms with E-state index in [0.29, 0.717) is 5.92 Å². The Kier molecular flexibility index (Phi) is 2.32. The lowest BCUT2D eigenvalue weighted by atomic mass is 9.86. The van der Waals surface area contributed by atoms with E-state index in [-0.39, 0.29) is 0 Å². The van der Waals surface area contributed by atoms with Crippen LogP contribution in [0.2, 0.25) is 0 Å². The van der Waals surface area contributed by atoms with Gasteiger partial charge in [-0.1, -0.05) is 37.3 Å². The molecule has 2 aromatic carbocycles. The highest BCUT2D eigenvalue weighted by atomic mass is 14.2. The molecule has 0 heterocycles. The van der Waals surface area contributed by atoms with Crippen molar-refractivity contribution in [2.45, 2.75) is 33.1 Å². The first-order valence-electron chi connectivity index (χ1n) is 6.36. The lowest BCUT2D eigenvalue weighted by Crippen LogP contribution is -2.00. The third-order valence-corrected chi connectivity index (χ3v) is 3.97. The first-order chi connectivity index (χ1) is 8.15. The zero-order chi connectivity index (χ0) is 12.0. The summed E-state index contributed by atoms with van der Waals surface area (Å²) in [5.41, 5.74) is 5.67. The van der Waals surface area contributed by atoms with Crippen molar-refractivity contribution >= 4 is 16.8 Å². The SMILES string of the molecule is Cc1cc2cc3c(cc2cc1C)C(C)CC=C3. The van der Waals surface area contributed by atoms with E-state index in [2.05, 4.69) is 57.2 Å². The summed E-state index contributed by atoms with van der Waals surface area (Å²) in [4.78, 5) is 0. The Balaban J connectivity index is 2.32. The molecule has 1 aliphatic carbocycles. The summed E-state index contributed by atoms with van der Waals surface area (Å²) < 4.78 is 0. The van der Waals surface area contributed by atoms with Gasteiger partial charge in [0.1, 0.15) is 0 Å². The minimum absolute atomic E-state index is 0.654. The molecule has 0 amide bonds. The summed E-state index contributed by atoms with van der Waals surface area (Å²) in [5.74, 6) is 0.654. The average Bonchev–Trinajstić information content (AvgIpc) is 2.29. The third-order valence-electron chi connectivity index (χ3n) is 3.97. The predicted octanol–water partition coefficient (Wildman–Crippen LogP) is 4.98. The van der Waals surface area contributed by atoms with Crippen LogP contribution in [0.4, 0.5) is 0 Å². The van der Waals surface area contributed by atoms with Gasteiger partial charge in [0.05, 0.1) is 0 Å². The highest BCUT2D eigenvalue weighted by Gasteiger charge is 2.13. The molecule has 0 aliphatic heterocycles. The lowest BCUT2D eigenvalue weighted by Gasteiger charge is -2.19. The second-order valence-electron chi connectivity index (χ2n) is 5.30. The fourth-order valence-corrected chi connectivity index (χ4v) is 2.71. The quantitative estimate of drug-likeness (QED) is 0.590. The van der Waals surface area contributed by atoms with E-state index in [0.717, 1.165) is 0 Å². The Labute approximate surface area is 103 Å². The molecule has 86 valence electrons. The van der Waals surface area contributed by atoms with Crippen LogP contribution in [0.1, 0.15) is 41.5 Å². The van der Waals surface area contributed by atoms with E-state index in [4.69, 9.17) is 0 Å². The molecule has 0 N–H and O–H groups in total. The van der Waals surface area contributed by atoms with Gasteiger partial charge in [-0.05, 0) is 65.3 Å². The maximum absolute atomic E-state index is 2.38. The average molecular weight is 222 g/mol. The number of rotatable bonds is 0. The second kappa shape index (κ2) is 3.73. The smallest absolute Gasteiger partial charge is 0.0150 e. The van der Waals surface area contributed by atoms with Gasteiger partial charge in [0, 0.05) is 0 Å². The van der Waals surface area contributed by atoms with Crippen LogP contribution in [0.25, 0.3) is 16.8 Å². The van der Waals surface area contributed by atoms with E-state index in [1.807, 2.05) is 0 Å². The van der Waals surface area contributed by atoms with Gasteiger partial charge in [-0.2, -0.15) is 0 Å². The number of hydrogen-bond donors (Lipinski definition) is 0. The Morgan fingerprint density at radius 1 is 0.941 bits per heavy atom. The van der Waals surface area contributed by atoms with Gasteiger partial charge in [-0.15, -0.1) is 0 Å². The fourth-order valence-electron chi connectivity index (χ4n) is 2.71. The molecule has 17 heavy (non-hydrogen) atoms. The molecule has 0 saturated carbocycles. The minimum atomic E-state index is 0.654. The second-order valence-corrected chi connectivity index (χ2v) is 5.30. The maximum atomic E-state index is 2.38. The zero-order valence-electron chi connectivity index (χ0n) is 10.7. The number of hydrogen-bond acceptors (Lipinski definition) is 0. The van der Waals surface area contributed by atoms with Crippen molar-refractivity contribution in [2.24, 2.45) is 0 Å². The van der Waals surface area contributed by atoms with Gasteiger partial charge in [-0.3, -0.25) is 0 Å². The van der Waals surface area contributed by atoms with Gasteiger partial charge in [-0.25, -0.2) is 0 Å². The van der Waals surface area contributed by atoms with E-state index in [1.165, 1.54) is 39.4 Å². The Morgan fingerprint density at radius 2 is 1.59 bits per heavy atom. The van der Waals surface area contributed by atoms with Crippen molar-refractivity contribution in [2.75, 3.05) is 0 Å². The van der Waals surface area contributed by atoms with Crippen LogP contribution in [0.15, 0.2) is 30.3 Å². The standard InChI is InChI=1S/C17H18/c1-11-5-4-6-14-9-15-7-12(2)13(3)8-16(15)10-17(11)14/h4,6-11H,5H2,1-3H3. The van der Waals surface area contributed by atoms with Gasteiger partial charge in [0.2, 0.25) is 0 Å². The van der Waals surface area contributed by atoms with Crippen molar-refractivity contribution < 1.29 is 0 Å². The molecule has 2 aromatic rings. The molecule has 1 aliphatic rings. The molecule has 3 rings (SSSR count). The van der Waals surface area contributed by atoms with E-state index in [1.54, 1.807) is 0 Å². The molecule has 0 aromatic heterocycles. The van der Waals surface area contributed by atoms with Crippen LogP contribution >= 0.6 is 0 Å². The lowest BCUT2D eigenvalue weighted by molar-refractivity contribution is 0.773. The molecule has 0 fully saturated rings. The molecule has 0 bridgehead atoms. The Morgan fingerprint density at radius 3 is 2.29 bits per heavy atom. The van der Waals surface area contributed by atoms with E-state index < -0.39 is 0 Å². The molecule has 0 nitrogen and oxygen atoms in total. The normalized spacial score (nSPS) is 18.4. The highest BCUT2D eigenvalue weighted by Crippen LogP contribution is 2.33. The number of allylic oxidation sites excluding steroid dienone is 1. The minimum Gasteiger partial charge on any atom is -0.0833 e.